The third-order valence-electron chi connectivity index (χ3n) is 4.34. The molecule has 0 radical (unpaired) electrons. The second kappa shape index (κ2) is 6.23. The van der Waals surface area contributed by atoms with E-state index in [-0.39, 0.29) is 0 Å². The van der Waals surface area contributed by atoms with E-state index in [2.05, 4.69) is 16.3 Å². The number of fused-ring (bicyclic) bond motifs is 1. The van der Waals surface area contributed by atoms with Gasteiger partial charge in [0.2, 0.25) is 0 Å². The number of hydrogen-bond acceptors (Lipinski definition) is 4. The zero-order valence-corrected chi connectivity index (χ0v) is 12.0. The van der Waals surface area contributed by atoms with Gasteiger partial charge in [-0.1, -0.05) is 0 Å². The maximum Gasteiger partial charge on any atom is 0.144 e. The summed E-state index contributed by atoms with van der Waals surface area (Å²) in [6.45, 7) is 4.35. The number of nitriles is 1. The van der Waals surface area contributed by atoms with Crippen LogP contribution in [0.3, 0.4) is 0 Å². The van der Waals surface area contributed by atoms with Gasteiger partial charge in [0, 0.05) is 18.8 Å². The second-order valence-electron chi connectivity index (χ2n) is 5.78. The summed E-state index contributed by atoms with van der Waals surface area (Å²) in [4.78, 5) is 7.17. The molecule has 20 heavy (non-hydrogen) atoms. The molecule has 2 aliphatic rings. The van der Waals surface area contributed by atoms with Crippen molar-refractivity contribution in [3.8, 4) is 6.07 Å². The molecule has 1 N–H and O–H groups in total. The fraction of sp³-hybridized carbons (Fsp3) is 0.625. The Balaban J connectivity index is 1.66. The van der Waals surface area contributed by atoms with E-state index in [9.17, 15) is 5.26 Å². The summed E-state index contributed by atoms with van der Waals surface area (Å²) < 4.78 is 0. The summed E-state index contributed by atoms with van der Waals surface area (Å²) in [5.41, 5.74) is 3.17. The molecule has 0 saturated carbocycles. The molecule has 1 aliphatic carbocycles. The SMILES string of the molecule is N#Cc1cc2c(nc1NCCN1CCCC1)CCCC2. The monoisotopic (exact) mass is 270 g/mol. The van der Waals surface area contributed by atoms with Gasteiger partial charge in [-0.15, -0.1) is 0 Å². The number of aromatic nitrogens is 1. The van der Waals surface area contributed by atoms with Crippen molar-refractivity contribution in [3.05, 3.63) is 22.9 Å². The molecule has 1 aromatic heterocycles. The highest BCUT2D eigenvalue weighted by Crippen LogP contribution is 2.24. The number of hydrogen-bond donors (Lipinski definition) is 1. The zero-order chi connectivity index (χ0) is 13.8. The van der Waals surface area contributed by atoms with E-state index in [1.807, 2.05) is 6.07 Å². The van der Waals surface area contributed by atoms with E-state index in [1.54, 1.807) is 0 Å². The van der Waals surface area contributed by atoms with Gasteiger partial charge in [-0.05, 0) is 63.2 Å². The maximum atomic E-state index is 9.29. The minimum absolute atomic E-state index is 0.701. The van der Waals surface area contributed by atoms with Crippen LogP contribution in [0.25, 0.3) is 0 Å². The second-order valence-corrected chi connectivity index (χ2v) is 5.78. The predicted octanol–water partition coefficient (Wildman–Crippen LogP) is 2.34. The lowest BCUT2D eigenvalue weighted by atomic mass is 9.95. The number of pyridine rings is 1. The van der Waals surface area contributed by atoms with Crippen LogP contribution in [-0.4, -0.2) is 36.1 Å². The summed E-state index contributed by atoms with van der Waals surface area (Å²) in [7, 11) is 0. The molecular formula is C16H22N4. The van der Waals surface area contributed by atoms with Crippen molar-refractivity contribution in [1.29, 1.82) is 5.26 Å². The van der Waals surface area contributed by atoms with Crippen LogP contribution in [0, 0.1) is 11.3 Å². The summed E-state index contributed by atoms with van der Waals surface area (Å²) in [6, 6.07) is 4.33. The lowest BCUT2D eigenvalue weighted by Gasteiger charge is -2.19. The molecule has 106 valence electrons. The van der Waals surface area contributed by atoms with Gasteiger partial charge in [0.1, 0.15) is 11.9 Å². The molecular weight excluding hydrogens is 248 g/mol. The highest BCUT2D eigenvalue weighted by molar-refractivity contribution is 5.54. The Morgan fingerprint density at radius 2 is 2.00 bits per heavy atom. The molecule has 4 nitrogen and oxygen atoms in total. The number of anilines is 1. The van der Waals surface area contributed by atoms with E-state index in [4.69, 9.17) is 4.98 Å². The Hall–Kier alpha value is -1.60. The van der Waals surface area contributed by atoms with Crippen LogP contribution in [0.5, 0.6) is 0 Å². The molecule has 1 fully saturated rings. The molecule has 3 rings (SSSR count). The van der Waals surface area contributed by atoms with Gasteiger partial charge < -0.3 is 10.2 Å². The molecule has 0 atom stereocenters. The Morgan fingerprint density at radius 3 is 2.80 bits per heavy atom. The van der Waals surface area contributed by atoms with Crippen LogP contribution in [0.15, 0.2) is 6.07 Å². The quantitative estimate of drug-likeness (QED) is 0.912. The van der Waals surface area contributed by atoms with Crippen molar-refractivity contribution in [1.82, 2.24) is 9.88 Å². The van der Waals surface area contributed by atoms with Crippen molar-refractivity contribution in [2.75, 3.05) is 31.5 Å². The van der Waals surface area contributed by atoms with Crippen LogP contribution in [0.1, 0.15) is 42.5 Å². The van der Waals surface area contributed by atoms with E-state index < -0.39 is 0 Å². The lowest BCUT2D eigenvalue weighted by Crippen LogP contribution is -2.26. The third-order valence-corrected chi connectivity index (χ3v) is 4.34. The zero-order valence-electron chi connectivity index (χ0n) is 12.0. The standard InChI is InChI=1S/C16H22N4/c17-12-14-11-13-5-1-2-6-15(13)19-16(14)18-7-10-20-8-3-4-9-20/h11H,1-10H2,(H,18,19). The molecule has 1 aliphatic heterocycles. The fourth-order valence-corrected chi connectivity index (χ4v) is 3.19. The minimum Gasteiger partial charge on any atom is -0.368 e. The molecule has 0 unspecified atom stereocenters. The van der Waals surface area contributed by atoms with Crippen LogP contribution in [0.2, 0.25) is 0 Å². The number of likely N-dealkylation sites (tertiary alicyclic amines) is 1. The van der Waals surface area contributed by atoms with E-state index in [1.165, 1.54) is 50.0 Å². The van der Waals surface area contributed by atoms with Crippen molar-refractivity contribution >= 4 is 5.82 Å². The Bertz CT molecular complexity index is 512. The van der Waals surface area contributed by atoms with Crippen LogP contribution in [0.4, 0.5) is 5.82 Å². The highest BCUT2D eigenvalue weighted by Gasteiger charge is 2.15. The van der Waals surface area contributed by atoms with Gasteiger partial charge in [-0.25, -0.2) is 4.98 Å². The van der Waals surface area contributed by atoms with E-state index in [0.29, 0.717) is 5.56 Å². The van der Waals surface area contributed by atoms with E-state index in [0.717, 1.165) is 31.7 Å². The minimum atomic E-state index is 0.701. The Labute approximate surface area is 120 Å². The normalized spacial score (nSPS) is 18.6. The molecule has 0 aromatic carbocycles. The van der Waals surface area contributed by atoms with Crippen molar-refractivity contribution in [3.63, 3.8) is 0 Å². The molecule has 0 bridgehead atoms. The first-order valence-electron chi connectivity index (χ1n) is 7.76. The topological polar surface area (TPSA) is 52.0 Å². The van der Waals surface area contributed by atoms with Crippen molar-refractivity contribution < 1.29 is 0 Å². The lowest BCUT2D eigenvalue weighted by molar-refractivity contribution is 0.352. The highest BCUT2D eigenvalue weighted by atomic mass is 15.2. The number of aryl methyl sites for hydroxylation is 2. The average molecular weight is 270 g/mol. The summed E-state index contributed by atoms with van der Waals surface area (Å²) >= 11 is 0. The first kappa shape index (κ1) is 13.4. The first-order chi connectivity index (χ1) is 9.86. The first-order valence-corrected chi connectivity index (χ1v) is 7.76. The Kier molecular flexibility index (Phi) is 4.17. The smallest absolute Gasteiger partial charge is 0.144 e. The largest absolute Gasteiger partial charge is 0.368 e. The van der Waals surface area contributed by atoms with E-state index >= 15 is 0 Å². The van der Waals surface area contributed by atoms with Gasteiger partial charge >= 0.3 is 0 Å². The van der Waals surface area contributed by atoms with Gasteiger partial charge in [0.15, 0.2) is 0 Å². The van der Waals surface area contributed by atoms with Gasteiger partial charge in [-0.3, -0.25) is 0 Å². The Morgan fingerprint density at radius 1 is 1.20 bits per heavy atom. The van der Waals surface area contributed by atoms with Gasteiger partial charge in [0.05, 0.1) is 5.56 Å². The summed E-state index contributed by atoms with van der Waals surface area (Å²) in [6.07, 6.45) is 7.22. The van der Waals surface area contributed by atoms with Crippen LogP contribution >= 0.6 is 0 Å². The summed E-state index contributed by atoms with van der Waals surface area (Å²) in [5.74, 6) is 0.785. The molecule has 1 saturated heterocycles. The maximum absolute atomic E-state index is 9.29. The predicted molar refractivity (Wildman–Crippen MR) is 79.8 cm³/mol. The van der Waals surface area contributed by atoms with Gasteiger partial charge in [-0.2, -0.15) is 5.26 Å². The molecule has 1 aromatic rings. The third kappa shape index (κ3) is 2.94. The van der Waals surface area contributed by atoms with Crippen molar-refractivity contribution in [2.24, 2.45) is 0 Å². The van der Waals surface area contributed by atoms with Crippen molar-refractivity contribution in [2.45, 2.75) is 38.5 Å². The molecule has 2 heterocycles. The summed E-state index contributed by atoms with van der Waals surface area (Å²) in [5, 5.41) is 12.7. The molecule has 0 amide bonds. The number of nitrogens with zero attached hydrogens (tertiary/aromatic N) is 3. The molecule has 0 spiro atoms. The average Bonchev–Trinajstić information content (AvgIpc) is 3.00. The number of rotatable bonds is 4. The number of nitrogens with one attached hydrogen (secondary N) is 1. The van der Waals surface area contributed by atoms with Crippen LogP contribution < -0.4 is 5.32 Å². The fourth-order valence-electron chi connectivity index (χ4n) is 3.19. The van der Waals surface area contributed by atoms with Crippen LogP contribution in [-0.2, 0) is 12.8 Å². The van der Waals surface area contributed by atoms with Gasteiger partial charge in [0.25, 0.3) is 0 Å². The molecule has 4 heteroatoms.